The van der Waals surface area contributed by atoms with Gasteiger partial charge < -0.3 is 5.32 Å². The van der Waals surface area contributed by atoms with Gasteiger partial charge in [0, 0.05) is 25.3 Å². The van der Waals surface area contributed by atoms with Crippen molar-refractivity contribution in [2.45, 2.75) is 19.4 Å². The highest BCUT2D eigenvalue weighted by Gasteiger charge is 2.21. The first-order valence-electron chi connectivity index (χ1n) is 6.61. The average molecular weight is 244 g/mol. The number of benzene rings is 1. The minimum absolute atomic E-state index is 0.00399. The Morgan fingerprint density at radius 3 is 2.67 bits per heavy atom. The SMILES string of the molecule is O=C1NCCN1c1c[c]c(CN2CCCC2)cc1. The molecule has 4 heteroatoms. The number of anilines is 1. The van der Waals surface area contributed by atoms with Crippen LogP contribution in [0.4, 0.5) is 10.5 Å². The normalized spacial score (nSPS) is 20.4. The topological polar surface area (TPSA) is 35.6 Å². The van der Waals surface area contributed by atoms with Gasteiger partial charge in [-0.25, -0.2) is 4.79 Å². The summed E-state index contributed by atoms with van der Waals surface area (Å²) in [7, 11) is 0. The first-order chi connectivity index (χ1) is 8.83. The Morgan fingerprint density at radius 1 is 1.22 bits per heavy atom. The molecule has 1 N–H and O–H groups in total. The van der Waals surface area contributed by atoms with E-state index in [1.807, 2.05) is 12.1 Å². The smallest absolute Gasteiger partial charge is 0.321 e. The maximum Gasteiger partial charge on any atom is 0.321 e. The largest absolute Gasteiger partial charge is 0.336 e. The van der Waals surface area contributed by atoms with Crippen LogP contribution in [0.5, 0.6) is 0 Å². The number of urea groups is 1. The molecule has 2 aliphatic heterocycles. The molecule has 2 heterocycles. The lowest BCUT2D eigenvalue weighted by Gasteiger charge is -2.17. The summed E-state index contributed by atoms with van der Waals surface area (Å²) in [4.78, 5) is 15.7. The fourth-order valence-corrected chi connectivity index (χ4v) is 2.61. The van der Waals surface area contributed by atoms with Gasteiger partial charge in [-0.2, -0.15) is 0 Å². The summed E-state index contributed by atoms with van der Waals surface area (Å²) in [6.07, 6.45) is 2.62. The molecular formula is C14H18N3O. The minimum Gasteiger partial charge on any atom is -0.336 e. The molecule has 0 unspecified atom stereocenters. The molecule has 0 atom stereocenters. The summed E-state index contributed by atoms with van der Waals surface area (Å²) < 4.78 is 0. The van der Waals surface area contributed by atoms with Crippen LogP contribution >= 0.6 is 0 Å². The Balaban J connectivity index is 1.66. The van der Waals surface area contributed by atoms with Crippen LogP contribution in [-0.4, -0.2) is 37.1 Å². The van der Waals surface area contributed by atoms with Crippen LogP contribution in [0.1, 0.15) is 18.4 Å². The molecule has 2 aliphatic rings. The van der Waals surface area contributed by atoms with Crippen molar-refractivity contribution in [2.75, 3.05) is 31.1 Å². The van der Waals surface area contributed by atoms with Gasteiger partial charge in [-0.15, -0.1) is 0 Å². The van der Waals surface area contributed by atoms with Gasteiger partial charge in [-0.05, 0) is 49.7 Å². The number of amides is 2. The van der Waals surface area contributed by atoms with E-state index in [1.54, 1.807) is 4.90 Å². The van der Waals surface area contributed by atoms with Gasteiger partial charge in [0.2, 0.25) is 0 Å². The quantitative estimate of drug-likeness (QED) is 0.877. The maximum absolute atomic E-state index is 11.5. The molecule has 0 spiro atoms. The second-order valence-corrected chi connectivity index (χ2v) is 4.94. The monoisotopic (exact) mass is 244 g/mol. The predicted molar refractivity (Wildman–Crippen MR) is 70.5 cm³/mol. The molecule has 2 saturated heterocycles. The van der Waals surface area contributed by atoms with Crippen molar-refractivity contribution in [3.05, 3.63) is 29.8 Å². The lowest BCUT2D eigenvalue weighted by molar-refractivity contribution is 0.252. The molecule has 1 radical (unpaired) electrons. The lowest BCUT2D eigenvalue weighted by Crippen LogP contribution is -2.27. The predicted octanol–water partition coefficient (Wildman–Crippen LogP) is 1.61. The van der Waals surface area contributed by atoms with E-state index in [9.17, 15) is 4.79 Å². The molecule has 0 saturated carbocycles. The highest BCUT2D eigenvalue weighted by Crippen LogP contribution is 2.18. The van der Waals surface area contributed by atoms with E-state index in [2.05, 4.69) is 22.3 Å². The molecule has 18 heavy (non-hydrogen) atoms. The van der Waals surface area contributed by atoms with Crippen LogP contribution < -0.4 is 10.2 Å². The third kappa shape index (κ3) is 2.34. The zero-order chi connectivity index (χ0) is 12.4. The van der Waals surface area contributed by atoms with E-state index in [0.29, 0.717) is 0 Å². The molecular weight excluding hydrogens is 226 g/mol. The van der Waals surface area contributed by atoms with Crippen LogP contribution in [0.15, 0.2) is 18.2 Å². The van der Waals surface area contributed by atoms with E-state index < -0.39 is 0 Å². The van der Waals surface area contributed by atoms with Crippen LogP contribution in [0.25, 0.3) is 0 Å². The summed E-state index contributed by atoms with van der Waals surface area (Å²) in [5.41, 5.74) is 2.15. The summed E-state index contributed by atoms with van der Waals surface area (Å²) in [5.74, 6) is 0. The number of rotatable bonds is 3. The number of nitrogens with zero attached hydrogens (tertiary/aromatic N) is 2. The standard InChI is InChI=1S/C14H18N3O/c18-14-15-7-10-17(14)13-5-3-12(4-6-13)11-16-8-1-2-9-16/h3,5-6H,1-2,7-11H2,(H,15,18). The number of carbonyl (C=O) groups is 1. The summed E-state index contributed by atoms with van der Waals surface area (Å²) in [6.45, 7) is 4.85. The Labute approximate surface area is 108 Å². The van der Waals surface area contributed by atoms with E-state index in [4.69, 9.17) is 0 Å². The third-order valence-electron chi connectivity index (χ3n) is 3.62. The fraction of sp³-hybridized carbons (Fsp3) is 0.500. The molecule has 2 fully saturated rings. The van der Waals surface area contributed by atoms with Crippen molar-refractivity contribution in [2.24, 2.45) is 0 Å². The van der Waals surface area contributed by atoms with Crippen molar-refractivity contribution >= 4 is 11.7 Å². The van der Waals surface area contributed by atoms with E-state index >= 15 is 0 Å². The third-order valence-corrected chi connectivity index (χ3v) is 3.62. The second kappa shape index (κ2) is 4.98. The molecule has 1 aromatic rings. The first-order valence-corrected chi connectivity index (χ1v) is 6.61. The second-order valence-electron chi connectivity index (χ2n) is 4.94. The molecule has 3 rings (SSSR count). The lowest BCUT2D eigenvalue weighted by atomic mass is 10.2. The van der Waals surface area contributed by atoms with Gasteiger partial charge in [0.25, 0.3) is 0 Å². The van der Waals surface area contributed by atoms with Crippen molar-refractivity contribution < 1.29 is 4.79 Å². The number of hydrogen-bond donors (Lipinski definition) is 1. The Hall–Kier alpha value is -1.55. The van der Waals surface area contributed by atoms with Crippen molar-refractivity contribution in [3.8, 4) is 0 Å². The highest BCUT2D eigenvalue weighted by atomic mass is 16.2. The molecule has 0 bridgehead atoms. The van der Waals surface area contributed by atoms with E-state index in [1.165, 1.54) is 31.5 Å². The van der Waals surface area contributed by atoms with Crippen molar-refractivity contribution in [1.82, 2.24) is 10.2 Å². The van der Waals surface area contributed by atoms with Gasteiger partial charge in [0.05, 0.1) is 0 Å². The van der Waals surface area contributed by atoms with Gasteiger partial charge in [-0.1, -0.05) is 6.07 Å². The number of carbonyl (C=O) groups excluding carboxylic acids is 1. The summed E-state index contributed by atoms with van der Waals surface area (Å²) in [6, 6.07) is 9.32. The van der Waals surface area contributed by atoms with Crippen molar-refractivity contribution in [1.29, 1.82) is 0 Å². The number of likely N-dealkylation sites (tertiary alicyclic amines) is 1. The van der Waals surface area contributed by atoms with E-state index in [0.717, 1.165) is 25.3 Å². The Bertz CT molecular complexity index is 423. The highest BCUT2D eigenvalue weighted by molar-refractivity contribution is 5.93. The van der Waals surface area contributed by atoms with Crippen LogP contribution in [0.2, 0.25) is 0 Å². The fourth-order valence-electron chi connectivity index (χ4n) is 2.61. The van der Waals surface area contributed by atoms with Crippen LogP contribution in [0.3, 0.4) is 0 Å². The number of hydrogen-bond acceptors (Lipinski definition) is 2. The van der Waals surface area contributed by atoms with Crippen LogP contribution in [0, 0.1) is 6.07 Å². The van der Waals surface area contributed by atoms with E-state index in [-0.39, 0.29) is 6.03 Å². The Kier molecular flexibility index (Phi) is 3.19. The molecule has 1 aromatic carbocycles. The first kappa shape index (κ1) is 11.5. The molecule has 0 aromatic heterocycles. The molecule has 0 aliphatic carbocycles. The number of nitrogens with one attached hydrogen (secondary N) is 1. The maximum atomic E-state index is 11.5. The van der Waals surface area contributed by atoms with Gasteiger partial charge in [0.15, 0.2) is 0 Å². The van der Waals surface area contributed by atoms with Crippen LogP contribution in [-0.2, 0) is 6.54 Å². The average Bonchev–Trinajstić information content (AvgIpc) is 3.02. The minimum atomic E-state index is -0.00399. The zero-order valence-corrected chi connectivity index (χ0v) is 10.5. The molecule has 95 valence electrons. The van der Waals surface area contributed by atoms with Gasteiger partial charge in [-0.3, -0.25) is 9.80 Å². The molecule has 4 nitrogen and oxygen atoms in total. The summed E-state index contributed by atoms with van der Waals surface area (Å²) in [5, 5.41) is 2.81. The molecule has 2 amide bonds. The zero-order valence-electron chi connectivity index (χ0n) is 10.5. The van der Waals surface area contributed by atoms with Crippen molar-refractivity contribution in [3.63, 3.8) is 0 Å². The Morgan fingerprint density at radius 2 is 2.06 bits per heavy atom. The summed E-state index contributed by atoms with van der Waals surface area (Å²) >= 11 is 0. The van der Waals surface area contributed by atoms with Gasteiger partial charge in [0.1, 0.15) is 0 Å². The van der Waals surface area contributed by atoms with Gasteiger partial charge >= 0.3 is 6.03 Å².